The van der Waals surface area contributed by atoms with Gasteiger partial charge in [0.2, 0.25) is 0 Å². The number of aliphatic carboxylic acids is 1. The maximum absolute atomic E-state index is 11.3. The lowest BCUT2D eigenvalue weighted by Crippen LogP contribution is -2.49. The van der Waals surface area contributed by atoms with Gasteiger partial charge in [-0.1, -0.05) is 18.5 Å². The molecule has 0 spiro atoms. The van der Waals surface area contributed by atoms with Crippen LogP contribution in [0.15, 0.2) is 0 Å². The number of hydrogen-bond acceptors (Lipinski definition) is 4. The summed E-state index contributed by atoms with van der Waals surface area (Å²) < 4.78 is 9.35. The van der Waals surface area contributed by atoms with Crippen LogP contribution < -0.4 is 0 Å². The summed E-state index contributed by atoms with van der Waals surface area (Å²) in [5.41, 5.74) is -1.97. The lowest BCUT2D eigenvalue weighted by atomic mass is 10.0. The summed E-state index contributed by atoms with van der Waals surface area (Å²) in [6.45, 7) is 3.19. The molecular formula is C8H13ClO5. The molecule has 0 heterocycles. The highest BCUT2D eigenvalue weighted by Gasteiger charge is 2.47. The summed E-state index contributed by atoms with van der Waals surface area (Å²) in [5, 5.41) is 8.87. The van der Waals surface area contributed by atoms with Crippen molar-refractivity contribution in [3.63, 3.8) is 0 Å². The fraction of sp³-hybridized carbons (Fsp3) is 0.750. The number of rotatable bonds is 6. The number of carboxylic acids is 1. The Kier molecular flexibility index (Phi) is 5.49. The van der Waals surface area contributed by atoms with Crippen LogP contribution in [0.4, 0.5) is 0 Å². The van der Waals surface area contributed by atoms with E-state index >= 15 is 0 Å². The zero-order chi connectivity index (χ0) is 11.2. The van der Waals surface area contributed by atoms with Gasteiger partial charge in [0.1, 0.15) is 6.07 Å². The number of halogens is 1. The van der Waals surface area contributed by atoms with E-state index in [1.54, 1.807) is 6.92 Å². The Bertz CT molecular complexity index is 218. The molecule has 6 heteroatoms. The molecule has 14 heavy (non-hydrogen) atoms. The first kappa shape index (κ1) is 13.2. The summed E-state index contributed by atoms with van der Waals surface area (Å²) in [7, 11) is 0. The van der Waals surface area contributed by atoms with Crippen molar-refractivity contribution in [3.8, 4) is 0 Å². The molecular weight excluding hydrogens is 212 g/mol. The Morgan fingerprint density at radius 1 is 1.43 bits per heavy atom. The molecule has 0 saturated carbocycles. The second-order valence-electron chi connectivity index (χ2n) is 2.46. The van der Waals surface area contributed by atoms with Crippen LogP contribution in [0.25, 0.3) is 0 Å². The van der Waals surface area contributed by atoms with Gasteiger partial charge in [-0.15, -0.1) is 0 Å². The highest BCUT2D eigenvalue weighted by atomic mass is 35.5. The normalized spacial score (nSPS) is 14.5. The molecule has 0 radical (unpaired) electrons. The van der Waals surface area contributed by atoms with Crippen molar-refractivity contribution in [2.75, 3.05) is 12.7 Å². The van der Waals surface area contributed by atoms with Crippen LogP contribution in [0, 0.1) is 0 Å². The monoisotopic (exact) mass is 224 g/mol. The summed E-state index contributed by atoms with van der Waals surface area (Å²) in [5.74, 6) is -2.31. The molecule has 0 amide bonds. The van der Waals surface area contributed by atoms with E-state index < -0.39 is 17.5 Å². The summed E-state index contributed by atoms with van der Waals surface area (Å²) in [4.78, 5) is 22.2. The Balaban J connectivity index is 4.82. The minimum absolute atomic E-state index is 0.0338. The van der Waals surface area contributed by atoms with Gasteiger partial charge in [-0.3, -0.25) is 0 Å². The third kappa shape index (κ3) is 2.59. The summed E-state index contributed by atoms with van der Waals surface area (Å²) in [6.07, 6.45) is -0.0338. The van der Waals surface area contributed by atoms with Crippen LogP contribution in [0.5, 0.6) is 0 Å². The maximum Gasteiger partial charge on any atom is 0.350 e. The molecule has 0 aliphatic carbocycles. The highest BCUT2D eigenvalue weighted by molar-refractivity contribution is 6.17. The summed E-state index contributed by atoms with van der Waals surface area (Å²) in [6, 6.07) is -0.376. The second kappa shape index (κ2) is 5.82. The van der Waals surface area contributed by atoms with Crippen LogP contribution in [0.1, 0.15) is 20.3 Å². The van der Waals surface area contributed by atoms with Gasteiger partial charge in [0.05, 0.1) is 6.61 Å². The number of carbonyl (C=O) groups excluding carboxylic acids is 1. The van der Waals surface area contributed by atoms with E-state index in [0.29, 0.717) is 0 Å². The van der Waals surface area contributed by atoms with E-state index in [1.807, 2.05) is 0 Å². The lowest BCUT2D eigenvalue weighted by Gasteiger charge is -2.24. The number of ether oxygens (including phenoxy) is 2. The zero-order valence-electron chi connectivity index (χ0n) is 8.08. The molecule has 1 unspecified atom stereocenters. The first-order valence-corrected chi connectivity index (χ1v) is 4.69. The first-order valence-electron chi connectivity index (χ1n) is 4.15. The fourth-order valence-electron chi connectivity index (χ4n) is 0.946. The van der Waals surface area contributed by atoms with Gasteiger partial charge >= 0.3 is 11.9 Å². The molecule has 0 aliphatic heterocycles. The molecule has 1 atom stereocenters. The largest absolute Gasteiger partial charge is 0.479 e. The van der Waals surface area contributed by atoms with E-state index in [4.69, 9.17) is 21.4 Å². The third-order valence-corrected chi connectivity index (χ3v) is 1.86. The van der Waals surface area contributed by atoms with Crippen LogP contribution in [-0.2, 0) is 19.1 Å². The van der Waals surface area contributed by atoms with Crippen LogP contribution in [0.2, 0.25) is 0 Å². The molecule has 0 aliphatic rings. The summed E-state index contributed by atoms with van der Waals surface area (Å²) >= 11 is 5.26. The van der Waals surface area contributed by atoms with Crippen LogP contribution >= 0.6 is 11.6 Å². The molecule has 0 bridgehead atoms. The van der Waals surface area contributed by atoms with Gasteiger partial charge in [0.15, 0.2) is 0 Å². The van der Waals surface area contributed by atoms with Crippen molar-refractivity contribution in [2.24, 2.45) is 0 Å². The topological polar surface area (TPSA) is 72.8 Å². The Hall–Kier alpha value is -0.810. The zero-order valence-corrected chi connectivity index (χ0v) is 8.84. The molecule has 82 valence electrons. The van der Waals surface area contributed by atoms with E-state index in [-0.39, 0.29) is 19.1 Å². The molecule has 5 nitrogen and oxygen atoms in total. The van der Waals surface area contributed by atoms with E-state index in [2.05, 4.69) is 4.74 Å². The van der Waals surface area contributed by atoms with Gasteiger partial charge in [-0.2, -0.15) is 0 Å². The SMILES string of the molecule is CCOC(=O)C(CC)(OCCl)C(=O)O. The standard InChI is InChI=1S/C8H13ClO5/c1-3-8(6(10)11,14-5-9)7(12)13-4-2/h3-5H2,1-2H3,(H,10,11). The van der Waals surface area contributed by atoms with Crippen molar-refractivity contribution >= 4 is 23.5 Å². The van der Waals surface area contributed by atoms with Crippen molar-refractivity contribution in [2.45, 2.75) is 25.9 Å². The Morgan fingerprint density at radius 2 is 2.00 bits per heavy atom. The van der Waals surface area contributed by atoms with Gasteiger partial charge < -0.3 is 14.6 Å². The van der Waals surface area contributed by atoms with Crippen molar-refractivity contribution in [1.29, 1.82) is 0 Å². The minimum atomic E-state index is -1.97. The van der Waals surface area contributed by atoms with Gasteiger partial charge in [-0.25, -0.2) is 9.59 Å². The molecule has 1 N–H and O–H groups in total. The minimum Gasteiger partial charge on any atom is -0.479 e. The predicted molar refractivity (Wildman–Crippen MR) is 49.1 cm³/mol. The number of carboxylic acid groups (broad SMARTS) is 1. The first-order chi connectivity index (χ1) is 6.55. The third-order valence-electron chi connectivity index (χ3n) is 1.75. The Morgan fingerprint density at radius 3 is 2.29 bits per heavy atom. The van der Waals surface area contributed by atoms with Crippen molar-refractivity contribution in [1.82, 2.24) is 0 Å². The van der Waals surface area contributed by atoms with E-state index in [1.165, 1.54) is 6.92 Å². The maximum atomic E-state index is 11.3. The highest BCUT2D eigenvalue weighted by Crippen LogP contribution is 2.19. The number of alkyl halides is 1. The quantitative estimate of drug-likeness (QED) is 0.414. The van der Waals surface area contributed by atoms with Crippen LogP contribution in [-0.4, -0.2) is 35.3 Å². The molecule has 0 rings (SSSR count). The van der Waals surface area contributed by atoms with Gasteiger partial charge in [0, 0.05) is 0 Å². The average Bonchev–Trinajstić information content (AvgIpc) is 2.14. The number of esters is 1. The van der Waals surface area contributed by atoms with Crippen LogP contribution in [0.3, 0.4) is 0 Å². The number of carbonyl (C=O) groups is 2. The molecule has 0 aromatic rings. The molecule has 0 aromatic heterocycles. The molecule has 0 saturated heterocycles. The van der Waals surface area contributed by atoms with Gasteiger partial charge in [0.25, 0.3) is 5.60 Å². The number of hydrogen-bond donors (Lipinski definition) is 1. The smallest absolute Gasteiger partial charge is 0.350 e. The molecule has 0 aromatic carbocycles. The van der Waals surface area contributed by atoms with Crippen molar-refractivity contribution in [3.05, 3.63) is 0 Å². The van der Waals surface area contributed by atoms with Gasteiger partial charge in [-0.05, 0) is 13.3 Å². The lowest BCUT2D eigenvalue weighted by molar-refractivity contribution is -0.185. The average molecular weight is 225 g/mol. The molecule has 0 fully saturated rings. The fourth-order valence-corrected chi connectivity index (χ4v) is 1.13. The van der Waals surface area contributed by atoms with E-state index in [0.717, 1.165) is 0 Å². The van der Waals surface area contributed by atoms with Crippen molar-refractivity contribution < 1.29 is 24.2 Å². The second-order valence-corrected chi connectivity index (χ2v) is 2.68. The Labute approximate surface area is 86.9 Å². The predicted octanol–water partition coefficient (Wildman–Crippen LogP) is 0.996. The van der Waals surface area contributed by atoms with E-state index in [9.17, 15) is 9.59 Å².